The molecule has 1 amide bonds. The van der Waals surface area contributed by atoms with E-state index >= 15 is 0 Å². The topological polar surface area (TPSA) is 58.6 Å². The number of benzene rings is 1. The van der Waals surface area contributed by atoms with Crippen LogP contribution >= 0.6 is 11.6 Å². The molecule has 2 heterocycles. The summed E-state index contributed by atoms with van der Waals surface area (Å²) in [7, 11) is 0. The van der Waals surface area contributed by atoms with Gasteiger partial charge in [-0.15, -0.1) is 0 Å². The number of fused-ring (bicyclic) bond motifs is 1. The molecule has 9 heteroatoms. The third kappa shape index (κ3) is 4.12. The molecule has 3 rings (SSSR count). The van der Waals surface area contributed by atoms with Crippen LogP contribution in [0, 0.1) is 0 Å². The molecule has 142 valence electrons. The molecule has 2 saturated heterocycles. The molecule has 5 nitrogen and oxygen atoms in total. The number of ether oxygens (including phenoxy) is 1. The molecule has 0 spiro atoms. The predicted octanol–water partition coefficient (Wildman–Crippen LogP) is 3.47. The second-order valence-electron chi connectivity index (χ2n) is 6.48. The Hall–Kier alpha value is -1.80. The number of carbonyl (C=O) groups excluding carboxylic acids is 2. The lowest BCUT2D eigenvalue weighted by molar-refractivity contribution is -0.165. The van der Waals surface area contributed by atoms with Crippen LogP contribution in [0.4, 0.5) is 18.9 Å². The summed E-state index contributed by atoms with van der Waals surface area (Å²) < 4.78 is 43.6. The fraction of sp³-hybridized carbons (Fsp3) is 0.529. The summed E-state index contributed by atoms with van der Waals surface area (Å²) in [5, 5.41) is 2.37. The number of hydrogen-bond donors (Lipinski definition) is 1. The Labute approximate surface area is 153 Å². The number of amides is 1. The van der Waals surface area contributed by atoms with Crippen molar-refractivity contribution in [1.29, 1.82) is 0 Å². The van der Waals surface area contributed by atoms with Crippen LogP contribution < -0.4 is 5.32 Å². The molecule has 0 saturated carbocycles. The highest BCUT2D eigenvalue weighted by Gasteiger charge is 2.40. The maximum Gasteiger partial charge on any atom is 0.416 e. The zero-order valence-corrected chi connectivity index (χ0v) is 14.6. The van der Waals surface area contributed by atoms with E-state index in [4.69, 9.17) is 16.3 Å². The first-order valence-corrected chi connectivity index (χ1v) is 8.72. The van der Waals surface area contributed by atoms with Gasteiger partial charge in [0.15, 0.2) is 0 Å². The maximum absolute atomic E-state index is 12.8. The van der Waals surface area contributed by atoms with Crippen molar-refractivity contribution in [3.63, 3.8) is 0 Å². The highest BCUT2D eigenvalue weighted by Crippen LogP contribution is 2.34. The zero-order chi connectivity index (χ0) is 18.9. The molecule has 0 unspecified atom stereocenters. The summed E-state index contributed by atoms with van der Waals surface area (Å²) in [5.74, 6) is -1.06. The molecule has 0 radical (unpaired) electrons. The molecule has 0 aliphatic carbocycles. The Morgan fingerprint density at radius 1 is 1.35 bits per heavy atom. The predicted molar refractivity (Wildman–Crippen MR) is 88.8 cm³/mol. The number of halogens is 4. The standard InChI is InChI=1S/C17H18ClF3N2O3/c18-12-5-4-10(17(19,20)21)7-13(12)22-15(24)8-14-16(25)26-9-11-3-1-2-6-23(11)14/h4-5,7,11,14H,1-3,6,8-9H2,(H,22,24)/t11-,14+/m0/s1. The van der Waals surface area contributed by atoms with Crippen molar-refractivity contribution in [2.24, 2.45) is 0 Å². The molecule has 2 aliphatic heterocycles. The minimum Gasteiger partial charge on any atom is -0.463 e. The molecule has 2 fully saturated rings. The zero-order valence-electron chi connectivity index (χ0n) is 13.8. The molecule has 1 N–H and O–H groups in total. The van der Waals surface area contributed by atoms with Gasteiger partial charge >= 0.3 is 12.1 Å². The monoisotopic (exact) mass is 390 g/mol. The molecule has 2 atom stereocenters. The summed E-state index contributed by atoms with van der Waals surface area (Å²) in [6.07, 6.45) is -1.87. The third-order valence-electron chi connectivity index (χ3n) is 4.71. The molecular weight excluding hydrogens is 373 g/mol. The Kier molecular flexibility index (Phi) is 5.43. The van der Waals surface area contributed by atoms with Gasteiger partial charge in [-0.25, -0.2) is 0 Å². The molecule has 1 aromatic rings. The molecule has 0 aromatic heterocycles. The van der Waals surface area contributed by atoms with E-state index in [1.165, 1.54) is 0 Å². The average molecular weight is 391 g/mol. The number of hydrogen-bond acceptors (Lipinski definition) is 4. The van der Waals surface area contributed by atoms with Gasteiger partial charge < -0.3 is 10.1 Å². The normalized spacial score (nSPS) is 23.9. The average Bonchev–Trinajstić information content (AvgIpc) is 2.58. The summed E-state index contributed by atoms with van der Waals surface area (Å²) in [4.78, 5) is 26.4. The van der Waals surface area contributed by atoms with E-state index in [1.807, 2.05) is 4.90 Å². The smallest absolute Gasteiger partial charge is 0.416 e. The van der Waals surface area contributed by atoms with E-state index < -0.39 is 29.7 Å². The van der Waals surface area contributed by atoms with E-state index in [1.54, 1.807) is 0 Å². The van der Waals surface area contributed by atoms with Gasteiger partial charge in [-0.2, -0.15) is 13.2 Å². The SMILES string of the molecule is O=C(C[C@@H]1C(=O)OC[C@@H]2CCCCN21)Nc1cc(C(F)(F)F)ccc1Cl. The third-order valence-corrected chi connectivity index (χ3v) is 5.04. The number of morpholine rings is 1. The van der Waals surface area contributed by atoms with E-state index in [0.29, 0.717) is 13.2 Å². The van der Waals surface area contributed by atoms with Crippen LogP contribution in [0.25, 0.3) is 0 Å². The number of rotatable bonds is 3. The van der Waals surface area contributed by atoms with Crippen molar-refractivity contribution < 1.29 is 27.5 Å². The summed E-state index contributed by atoms with van der Waals surface area (Å²) in [6.45, 7) is 1.01. The Morgan fingerprint density at radius 2 is 2.12 bits per heavy atom. The quantitative estimate of drug-likeness (QED) is 0.803. The summed E-state index contributed by atoms with van der Waals surface area (Å²) in [6, 6.07) is 2.07. The van der Waals surface area contributed by atoms with Crippen molar-refractivity contribution in [1.82, 2.24) is 4.90 Å². The molecule has 2 aliphatic rings. The summed E-state index contributed by atoms with van der Waals surface area (Å²) in [5.41, 5.74) is -1.05. The van der Waals surface area contributed by atoms with Gasteiger partial charge in [0.2, 0.25) is 5.91 Å². The van der Waals surface area contributed by atoms with Gasteiger partial charge in [0.05, 0.1) is 22.7 Å². The second kappa shape index (κ2) is 7.44. The Bertz CT molecular complexity index is 711. The first kappa shape index (κ1) is 19.0. The van der Waals surface area contributed by atoms with Crippen LogP contribution in [0.5, 0.6) is 0 Å². The number of alkyl halides is 3. The van der Waals surface area contributed by atoms with Crippen LogP contribution in [0.2, 0.25) is 5.02 Å². The van der Waals surface area contributed by atoms with Gasteiger partial charge in [-0.05, 0) is 37.6 Å². The van der Waals surface area contributed by atoms with Crippen molar-refractivity contribution in [2.75, 3.05) is 18.5 Å². The van der Waals surface area contributed by atoms with E-state index in [2.05, 4.69) is 5.32 Å². The Morgan fingerprint density at radius 3 is 2.85 bits per heavy atom. The van der Waals surface area contributed by atoms with Gasteiger partial charge in [0.1, 0.15) is 12.6 Å². The molecule has 0 bridgehead atoms. The summed E-state index contributed by atoms with van der Waals surface area (Å²) >= 11 is 5.89. The van der Waals surface area contributed by atoms with Crippen molar-refractivity contribution >= 4 is 29.2 Å². The van der Waals surface area contributed by atoms with Crippen molar-refractivity contribution in [3.8, 4) is 0 Å². The number of cyclic esters (lactones) is 1. The minimum absolute atomic E-state index is 0.00609. The number of piperidine rings is 1. The largest absolute Gasteiger partial charge is 0.463 e. The van der Waals surface area contributed by atoms with Gasteiger partial charge in [-0.1, -0.05) is 18.0 Å². The minimum atomic E-state index is -4.54. The van der Waals surface area contributed by atoms with Crippen LogP contribution in [-0.4, -0.2) is 42.0 Å². The molecular formula is C17H18ClF3N2O3. The first-order valence-electron chi connectivity index (χ1n) is 8.34. The van der Waals surface area contributed by atoms with E-state index in [-0.39, 0.29) is 23.2 Å². The fourth-order valence-corrected chi connectivity index (χ4v) is 3.56. The maximum atomic E-state index is 12.8. The number of esters is 1. The lowest BCUT2D eigenvalue weighted by Gasteiger charge is -2.43. The van der Waals surface area contributed by atoms with E-state index in [9.17, 15) is 22.8 Å². The van der Waals surface area contributed by atoms with E-state index in [0.717, 1.165) is 37.5 Å². The van der Waals surface area contributed by atoms with Crippen molar-refractivity contribution in [3.05, 3.63) is 28.8 Å². The first-order chi connectivity index (χ1) is 12.3. The molecule has 26 heavy (non-hydrogen) atoms. The highest BCUT2D eigenvalue weighted by molar-refractivity contribution is 6.33. The van der Waals surface area contributed by atoms with Crippen LogP contribution in [0.1, 0.15) is 31.2 Å². The van der Waals surface area contributed by atoms with Crippen LogP contribution in [0.15, 0.2) is 18.2 Å². The number of anilines is 1. The van der Waals surface area contributed by atoms with Crippen LogP contribution in [-0.2, 0) is 20.5 Å². The molecule has 1 aromatic carbocycles. The number of carbonyl (C=O) groups is 2. The van der Waals surface area contributed by atoms with Gasteiger partial charge in [-0.3, -0.25) is 14.5 Å². The second-order valence-corrected chi connectivity index (χ2v) is 6.89. The van der Waals surface area contributed by atoms with Gasteiger partial charge in [0.25, 0.3) is 0 Å². The highest BCUT2D eigenvalue weighted by atomic mass is 35.5. The Balaban J connectivity index is 1.71. The lowest BCUT2D eigenvalue weighted by Crippen LogP contribution is -2.57. The fourth-order valence-electron chi connectivity index (χ4n) is 3.40. The van der Waals surface area contributed by atoms with Crippen molar-refractivity contribution in [2.45, 2.75) is 43.9 Å². The van der Waals surface area contributed by atoms with Crippen LogP contribution in [0.3, 0.4) is 0 Å². The number of nitrogens with one attached hydrogen (secondary N) is 1. The lowest BCUT2D eigenvalue weighted by atomic mass is 9.97. The van der Waals surface area contributed by atoms with Gasteiger partial charge in [0, 0.05) is 6.04 Å². The number of nitrogens with zero attached hydrogens (tertiary/aromatic N) is 1.